The van der Waals surface area contributed by atoms with Crippen LogP contribution in [0.2, 0.25) is 0 Å². The molecule has 0 amide bonds. The average molecular weight is 317 g/mol. The summed E-state index contributed by atoms with van der Waals surface area (Å²) in [4.78, 5) is 40.0. The highest BCUT2D eigenvalue weighted by Crippen LogP contribution is 2.18. The number of aromatic amines is 1. The Morgan fingerprint density at radius 3 is 2.87 bits per heavy atom. The molecule has 0 aromatic carbocycles. The first-order valence-corrected chi connectivity index (χ1v) is 7.67. The third-order valence-corrected chi connectivity index (χ3v) is 4.59. The van der Waals surface area contributed by atoms with E-state index in [1.54, 1.807) is 16.8 Å². The summed E-state index contributed by atoms with van der Waals surface area (Å²) in [5.74, 6) is -1.34. The molecule has 1 atom stereocenters. The van der Waals surface area contributed by atoms with E-state index in [0.717, 1.165) is 25.5 Å². The maximum absolute atomic E-state index is 12.5. The molecule has 0 unspecified atom stereocenters. The number of carbonyl (C=O) groups is 1. The molecule has 1 fully saturated rings. The Balaban J connectivity index is 1.94. The number of rotatable bonds is 4. The molecule has 0 aliphatic carbocycles. The van der Waals surface area contributed by atoms with Crippen molar-refractivity contribution in [3.8, 4) is 0 Å². The maximum atomic E-state index is 12.5. The predicted molar refractivity (Wildman–Crippen MR) is 86.1 cm³/mol. The first-order chi connectivity index (χ1) is 11.0. The average Bonchev–Trinajstić information content (AvgIpc) is 2.91. The van der Waals surface area contributed by atoms with Gasteiger partial charge in [-0.2, -0.15) is 0 Å². The molecule has 3 rings (SSSR count). The molecule has 0 bridgehead atoms. The van der Waals surface area contributed by atoms with Crippen LogP contribution in [0.25, 0.3) is 10.9 Å². The number of aromatic carboxylic acids is 1. The van der Waals surface area contributed by atoms with E-state index in [4.69, 9.17) is 5.11 Å². The van der Waals surface area contributed by atoms with Crippen LogP contribution in [0.5, 0.6) is 0 Å². The highest BCUT2D eigenvalue weighted by atomic mass is 16.4. The maximum Gasteiger partial charge on any atom is 0.341 e. The Hall–Kier alpha value is -2.41. The summed E-state index contributed by atoms with van der Waals surface area (Å²) in [7, 11) is 2.09. The van der Waals surface area contributed by atoms with Crippen LogP contribution in [0.1, 0.15) is 29.6 Å². The van der Waals surface area contributed by atoms with E-state index >= 15 is 0 Å². The van der Waals surface area contributed by atoms with E-state index < -0.39 is 17.1 Å². The fourth-order valence-corrected chi connectivity index (χ4v) is 3.21. The molecule has 2 aromatic heterocycles. The van der Waals surface area contributed by atoms with Crippen LogP contribution in [0.15, 0.2) is 27.9 Å². The van der Waals surface area contributed by atoms with Crippen molar-refractivity contribution in [1.29, 1.82) is 0 Å². The van der Waals surface area contributed by atoms with E-state index in [1.165, 1.54) is 6.42 Å². The van der Waals surface area contributed by atoms with Crippen LogP contribution in [0.4, 0.5) is 0 Å². The number of nitrogens with one attached hydrogen (secondary N) is 1. The summed E-state index contributed by atoms with van der Waals surface area (Å²) in [5.41, 5.74) is -1.03. The number of carboxylic acids is 1. The molecule has 0 spiro atoms. The molecule has 1 saturated heterocycles. The van der Waals surface area contributed by atoms with E-state index in [0.29, 0.717) is 18.1 Å². The second kappa shape index (κ2) is 6.00. The van der Waals surface area contributed by atoms with Gasteiger partial charge in [-0.15, -0.1) is 0 Å². The van der Waals surface area contributed by atoms with Crippen LogP contribution in [-0.2, 0) is 6.54 Å². The van der Waals surface area contributed by atoms with Gasteiger partial charge in [-0.25, -0.2) is 4.79 Å². The second-order valence-electron chi connectivity index (χ2n) is 6.02. The molecule has 2 aromatic rings. The molecular weight excluding hydrogens is 298 g/mol. The van der Waals surface area contributed by atoms with Gasteiger partial charge in [-0.1, -0.05) is 0 Å². The minimum Gasteiger partial charge on any atom is -0.477 e. The van der Waals surface area contributed by atoms with Gasteiger partial charge in [0.1, 0.15) is 5.56 Å². The van der Waals surface area contributed by atoms with E-state index in [-0.39, 0.29) is 10.9 Å². The second-order valence-corrected chi connectivity index (χ2v) is 6.02. The monoisotopic (exact) mass is 317 g/mol. The van der Waals surface area contributed by atoms with Crippen LogP contribution < -0.4 is 11.1 Å². The first-order valence-electron chi connectivity index (χ1n) is 7.67. The fraction of sp³-hybridized carbons (Fsp3) is 0.438. The number of nitrogens with zero attached hydrogens (tertiary/aromatic N) is 2. The number of fused-ring (bicyclic) bond motifs is 1. The van der Waals surface area contributed by atoms with E-state index in [2.05, 4.69) is 16.9 Å². The van der Waals surface area contributed by atoms with Gasteiger partial charge < -0.3 is 19.6 Å². The molecule has 7 nitrogen and oxygen atoms in total. The Labute approximate surface area is 132 Å². The number of likely N-dealkylation sites (tertiary alicyclic amines) is 1. The predicted octanol–water partition coefficient (Wildman–Crippen LogP) is 0.872. The summed E-state index contributed by atoms with van der Waals surface area (Å²) in [5, 5.41) is 9.25. The van der Waals surface area contributed by atoms with Crippen molar-refractivity contribution < 1.29 is 9.90 Å². The lowest BCUT2D eigenvalue weighted by Crippen LogP contribution is -2.29. The zero-order valence-corrected chi connectivity index (χ0v) is 12.9. The van der Waals surface area contributed by atoms with Gasteiger partial charge in [-0.05, 0) is 45.0 Å². The van der Waals surface area contributed by atoms with Crippen molar-refractivity contribution >= 4 is 16.9 Å². The van der Waals surface area contributed by atoms with Crippen molar-refractivity contribution in [2.24, 2.45) is 0 Å². The number of hydrogen-bond acceptors (Lipinski definition) is 4. The molecule has 0 radical (unpaired) electrons. The molecular formula is C16H19N3O4. The van der Waals surface area contributed by atoms with Gasteiger partial charge in [0.2, 0.25) is 0 Å². The summed E-state index contributed by atoms with van der Waals surface area (Å²) < 4.78 is 1.58. The van der Waals surface area contributed by atoms with Crippen molar-refractivity contribution in [2.75, 3.05) is 13.6 Å². The number of aryl methyl sites for hydroxylation is 1. The smallest absolute Gasteiger partial charge is 0.341 e. The van der Waals surface area contributed by atoms with Crippen LogP contribution in [-0.4, -0.2) is 45.2 Å². The van der Waals surface area contributed by atoms with Crippen molar-refractivity contribution in [2.45, 2.75) is 31.8 Å². The highest BCUT2D eigenvalue weighted by molar-refractivity contribution is 5.91. The van der Waals surface area contributed by atoms with Gasteiger partial charge in [0.25, 0.3) is 11.1 Å². The van der Waals surface area contributed by atoms with E-state index in [9.17, 15) is 14.4 Å². The SMILES string of the molecule is CN1CCC[C@H]1CCn1ccc2[nH]c(=O)c(C(=O)O)cc2c1=O. The van der Waals surface area contributed by atoms with Gasteiger partial charge >= 0.3 is 5.97 Å². The minimum absolute atomic E-state index is 0.226. The van der Waals surface area contributed by atoms with Gasteiger partial charge in [0.05, 0.1) is 10.9 Å². The number of H-pyrrole nitrogens is 1. The molecule has 1 aliphatic rings. The van der Waals surface area contributed by atoms with Gasteiger partial charge in [-0.3, -0.25) is 9.59 Å². The Bertz CT molecular complexity index is 868. The molecule has 0 saturated carbocycles. The molecule has 23 heavy (non-hydrogen) atoms. The summed E-state index contributed by atoms with van der Waals surface area (Å²) in [6.07, 6.45) is 4.83. The standard InChI is InChI=1S/C16H19N3O4/c1-18-6-2-3-10(18)4-7-19-8-5-13-11(15(19)21)9-12(16(22)23)14(20)17-13/h5,8-10H,2-4,6-7H2,1H3,(H,17,20)(H,22,23)/t10-/m0/s1. The zero-order valence-electron chi connectivity index (χ0n) is 12.9. The Morgan fingerprint density at radius 1 is 1.43 bits per heavy atom. The van der Waals surface area contributed by atoms with Crippen molar-refractivity contribution in [1.82, 2.24) is 14.5 Å². The molecule has 122 valence electrons. The lowest BCUT2D eigenvalue weighted by molar-refractivity contribution is 0.0695. The third-order valence-electron chi connectivity index (χ3n) is 4.59. The van der Waals surface area contributed by atoms with Crippen molar-refractivity contribution in [3.05, 3.63) is 44.6 Å². The minimum atomic E-state index is -1.34. The van der Waals surface area contributed by atoms with Crippen LogP contribution in [0.3, 0.4) is 0 Å². The number of carboxylic acid groups (broad SMARTS) is 1. The summed E-state index contributed by atoms with van der Waals surface area (Å²) >= 11 is 0. The van der Waals surface area contributed by atoms with Crippen molar-refractivity contribution in [3.63, 3.8) is 0 Å². The fourth-order valence-electron chi connectivity index (χ4n) is 3.21. The van der Waals surface area contributed by atoms with E-state index in [1.807, 2.05) is 0 Å². The Morgan fingerprint density at radius 2 is 2.22 bits per heavy atom. The summed E-state index contributed by atoms with van der Waals surface area (Å²) in [6, 6.07) is 3.28. The molecule has 2 N–H and O–H groups in total. The number of hydrogen-bond donors (Lipinski definition) is 2. The number of pyridine rings is 2. The Kier molecular flexibility index (Phi) is 4.04. The molecule has 1 aliphatic heterocycles. The van der Waals surface area contributed by atoms with Crippen LogP contribution >= 0.6 is 0 Å². The lowest BCUT2D eigenvalue weighted by atomic mass is 10.1. The zero-order chi connectivity index (χ0) is 16.6. The quantitative estimate of drug-likeness (QED) is 0.872. The van der Waals surface area contributed by atoms with Gasteiger partial charge in [0, 0.05) is 18.8 Å². The lowest BCUT2D eigenvalue weighted by Gasteiger charge is -2.19. The normalized spacial score (nSPS) is 18.6. The summed E-state index contributed by atoms with van der Waals surface area (Å²) in [6.45, 7) is 1.66. The van der Waals surface area contributed by atoms with Gasteiger partial charge in [0.15, 0.2) is 0 Å². The number of aromatic nitrogens is 2. The third kappa shape index (κ3) is 2.92. The topological polar surface area (TPSA) is 95.4 Å². The molecule has 7 heteroatoms. The highest BCUT2D eigenvalue weighted by Gasteiger charge is 2.20. The van der Waals surface area contributed by atoms with Crippen LogP contribution in [0, 0.1) is 0 Å². The largest absolute Gasteiger partial charge is 0.477 e. The molecule has 3 heterocycles. The first kappa shape index (κ1) is 15.5.